The molecule has 1 heterocycles. The molecule has 0 fully saturated rings. The van der Waals surface area contributed by atoms with Gasteiger partial charge in [-0.05, 0) is 6.42 Å². The topological polar surface area (TPSA) is 63.0 Å². The van der Waals surface area contributed by atoms with Crippen LogP contribution in [-0.4, -0.2) is 26.5 Å². The maximum atomic E-state index is 8.66. The standard InChI is InChI=1S/C7H14N4O/c1-2-3-4-9-11-6-8-7(5-12)10-11/h6,9,12H,2-5H2,1H3. The first kappa shape index (κ1) is 8.99. The minimum absolute atomic E-state index is 0.109. The summed E-state index contributed by atoms with van der Waals surface area (Å²) in [5.41, 5.74) is 3.03. The summed E-state index contributed by atoms with van der Waals surface area (Å²) in [4.78, 5) is 5.38. The molecule has 2 N–H and O–H groups in total. The Bertz CT molecular complexity index is 223. The second kappa shape index (κ2) is 4.71. The van der Waals surface area contributed by atoms with Gasteiger partial charge in [0.15, 0.2) is 5.82 Å². The van der Waals surface area contributed by atoms with Gasteiger partial charge in [-0.1, -0.05) is 13.3 Å². The Morgan fingerprint density at radius 2 is 2.50 bits per heavy atom. The lowest BCUT2D eigenvalue weighted by Crippen LogP contribution is -2.16. The molecule has 0 aliphatic carbocycles. The van der Waals surface area contributed by atoms with Gasteiger partial charge in [0.2, 0.25) is 0 Å². The van der Waals surface area contributed by atoms with Crippen LogP contribution in [0.4, 0.5) is 0 Å². The molecule has 0 amide bonds. The molecule has 5 heteroatoms. The molecule has 12 heavy (non-hydrogen) atoms. The van der Waals surface area contributed by atoms with Gasteiger partial charge in [0.05, 0.1) is 0 Å². The average molecular weight is 170 g/mol. The summed E-state index contributed by atoms with van der Waals surface area (Å²) < 4.78 is 0. The van der Waals surface area contributed by atoms with Gasteiger partial charge in [-0.3, -0.25) is 0 Å². The van der Waals surface area contributed by atoms with E-state index in [0.29, 0.717) is 5.82 Å². The van der Waals surface area contributed by atoms with Crippen molar-refractivity contribution in [1.29, 1.82) is 0 Å². The molecule has 0 saturated carbocycles. The Labute approximate surface area is 71.4 Å². The fourth-order valence-electron chi connectivity index (χ4n) is 0.816. The Hall–Kier alpha value is -1.10. The number of aliphatic hydroxyl groups excluding tert-OH is 1. The number of unbranched alkanes of at least 4 members (excludes halogenated alkanes) is 1. The third-order valence-corrected chi connectivity index (χ3v) is 1.48. The zero-order chi connectivity index (χ0) is 8.81. The molecular weight excluding hydrogens is 156 g/mol. The molecule has 1 aromatic heterocycles. The normalized spacial score (nSPS) is 10.2. The van der Waals surface area contributed by atoms with Crippen molar-refractivity contribution in [3.05, 3.63) is 12.2 Å². The highest BCUT2D eigenvalue weighted by atomic mass is 16.3. The molecule has 0 unspecified atom stereocenters. The van der Waals surface area contributed by atoms with Crippen LogP contribution < -0.4 is 5.43 Å². The van der Waals surface area contributed by atoms with E-state index in [1.807, 2.05) is 0 Å². The van der Waals surface area contributed by atoms with Crippen LogP contribution in [-0.2, 0) is 6.61 Å². The Kier molecular flexibility index (Phi) is 3.53. The molecule has 1 aromatic rings. The molecule has 68 valence electrons. The van der Waals surface area contributed by atoms with Gasteiger partial charge in [-0.2, -0.15) is 4.79 Å². The van der Waals surface area contributed by atoms with Gasteiger partial charge in [0, 0.05) is 6.54 Å². The summed E-state index contributed by atoms with van der Waals surface area (Å²) in [5, 5.41) is 12.6. The van der Waals surface area contributed by atoms with Gasteiger partial charge >= 0.3 is 0 Å². The van der Waals surface area contributed by atoms with Crippen LogP contribution in [0.5, 0.6) is 0 Å². The number of hydrogen-bond donors (Lipinski definition) is 2. The molecule has 0 bridgehead atoms. The molecule has 0 aliphatic heterocycles. The van der Waals surface area contributed by atoms with Crippen molar-refractivity contribution < 1.29 is 5.11 Å². The minimum Gasteiger partial charge on any atom is -0.388 e. The van der Waals surface area contributed by atoms with Gasteiger partial charge in [-0.25, -0.2) is 4.98 Å². The average Bonchev–Trinajstić information content (AvgIpc) is 2.53. The van der Waals surface area contributed by atoms with Crippen LogP contribution in [0.3, 0.4) is 0 Å². The van der Waals surface area contributed by atoms with E-state index in [0.717, 1.165) is 19.4 Å². The first-order chi connectivity index (χ1) is 5.86. The van der Waals surface area contributed by atoms with E-state index in [4.69, 9.17) is 5.11 Å². The Balaban J connectivity index is 2.31. The molecular formula is C7H14N4O. The number of nitrogens with zero attached hydrogens (tertiary/aromatic N) is 3. The fraction of sp³-hybridized carbons (Fsp3) is 0.714. The number of rotatable bonds is 5. The predicted molar refractivity (Wildman–Crippen MR) is 45.1 cm³/mol. The summed E-state index contributed by atoms with van der Waals surface area (Å²) >= 11 is 0. The quantitative estimate of drug-likeness (QED) is 0.616. The predicted octanol–water partition coefficient (Wildman–Crippen LogP) is 0.114. The zero-order valence-corrected chi connectivity index (χ0v) is 7.19. The fourth-order valence-corrected chi connectivity index (χ4v) is 0.816. The van der Waals surface area contributed by atoms with Crippen LogP contribution in [0.25, 0.3) is 0 Å². The highest BCUT2D eigenvalue weighted by Gasteiger charge is 1.96. The van der Waals surface area contributed by atoms with Crippen LogP contribution in [0, 0.1) is 0 Å². The highest BCUT2D eigenvalue weighted by Crippen LogP contribution is 1.88. The van der Waals surface area contributed by atoms with Crippen LogP contribution in [0.2, 0.25) is 0 Å². The number of hydrogen-bond acceptors (Lipinski definition) is 4. The lowest BCUT2D eigenvalue weighted by Gasteiger charge is -2.02. The summed E-state index contributed by atoms with van der Waals surface area (Å²) in [6.45, 7) is 2.90. The van der Waals surface area contributed by atoms with Crippen LogP contribution in [0.15, 0.2) is 6.33 Å². The maximum Gasteiger partial charge on any atom is 0.178 e. The van der Waals surface area contributed by atoms with E-state index < -0.39 is 0 Å². The maximum absolute atomic E-state index is 8.66. The molecule has 0 saturated heterocycles. The monoisotopic (exact) mass is 170 g/mol. The SMILES string of the molecule is CCCCNn1cnc(CO)n1. The summed E-state index contributed by atoms with van der Waals surface area (Å²) in [5.74, 6) is 0.444. The van der Waals surface area contributed by atoms with Crippen molar-refractivity contribution in [2.24, 2.45) is 0 Å². The highest BCUT2D eigenvalue weighted by molar-refractivity contribution is 4.79. The smallest absolute Gasteiger partial charge is 0.178 e. The molecule has 5 nitrogen and oxygen atoms in total. The largest absolute Gasteiger partial charge is 0.388 e. The second-order valence-electron chi connectivity index (χ2n) is 2.53. The Morgan fingerprint density at radius 1 is 1.67 bits per heavy atom. The molecule has 0 aliphatic rings. The molecule has 0 aromatic carbocycles. The third-order valence-electron chi connectivity index (χ3n) is 1.48. The van der Waals surface area contributed by atoms with E-state index in [1.54, 1.807) is 6.33 Å². The summed E-state index contributed by atoms with van der Waals surface area (Å²) in [6, 6.07) is 0. The second-order valence-corrected chi connectivity index (χ2v) is 2.53. The molecule has 0 radical (unpaired) electrons. The molecule has 0 spiro atoms. The van der Waals surface area contributed by atoms with Gasteiger partial charge in [0.25, 0.3) is 0 Å². The van der Waals surface area contributed by atoms with E-state index >= 15 is 0 Å². The Morgan fingerprint density at radius 3 is 3.08 bits per heavy atom. The van der Waals surface area contributed by atoms with Crippen molar-refractivity contribution >= 4 is 0 Å². The number of nitrogens with one attached hydrogen (secondary N) is 1. The third kappa shape index (κ3) is 2.50. The van der Waals surface area contributed by atoms with Crippen molar-refractivity contribution in [1.82, 2.24) is 14.9 Å². The molecule has 1 rings (SSSR count). The van der Waals surface area contributed by atoms with E-state index in [9.17, 15) is 0 Å². The van der Waals surface area contributed by atoms with E-state index in [1.165, 1.54) is 4.79 Å². The number of aliphatic hydroxyl groups is 1. The van der Waals surface area contributed by atoms with Crippen molar-refractivity contribution in [2.45, 2.75) is 26.4 Å². The summed E-state index contributed by atoms with van der Waals surface area (Å²) in [7, 11) is 0. The van der Waals surface area contributed by atoms with Crippen molar-refractivity contribution in [2.75, 3.05) is 12.0 Å². The van der Waals surface area contributed by atoms with Crippen molar-refractivity contribution in [3.63, 3.8) is 0 Å². The first-order valence-electron chi connectivity index (χ1n) is 4.12. The van der Waals surface area contributed by atoms with Crippen LogP contribution >= 0.6 is 0 Å². The lowest BCUT2D eigenvalue weighted by molar-refractivity contribution is 0.271. The zero-order valence-electron chi connectivity index (χ0n) is 7.19. The van der Waals surface area contributed by atoms with Gasteiger partial charge in [0.1, 0.15) is 12.9 Å². The first-order valence-corrected chi connectivity index (χ1v) is 4.12. The van der Waals surface area contributed by atoms with Crippen LogP contribution in [0.1, 0.15) is 25.6 Å². The summed E-state index contributed by atoms with van der Waals surface area (Å²) in [6.07, 6.45) is 3.81. The lowest BCUT2D eigenvalue weighted by atomic mass is 10.3. The minimum atomic E-state index is -0.109. The van der Waals surface area contributed by atoms with Gasteiger partial charge in [-0.15, -0.1) is 5.10 Å². The van der Waals surface area contributed by atoms with Gasteiger partial charge < -0.3 is 10.5 Å². The van der Waals surface area contributed by atoms with E-state index in [-0.39, 0.29) is 6.61 Å². The number of aromatic nitrogens is 3. The van der Waals surface area contributed by atoms with E-state index in [2.05, 4.69) is 22.4 Å². The molecule has 0 atom stereocenters. The van der Waals surface area contributed by atoms with Crippen molar-refractivity contribution in [3.8, 4) is 0 Å².